The van der Waals surface area contributed by atoms with Crippen molar-refractivity contribution in [2.45, 2.75) is 19.4 Å². The number of Topliss-reactive ketones (excluding diaryl/α,β-unsaturated/α-hetero) is 1. The first-order valence-electron chi connectivity index (χ1n) is 8.05. The van der Waals surface area contributed by atoms with Gasteiger partial charge in [-0.3, -0.25) is 9.59 Å². The van der Waals surface area contributed by atoms with E-state index in [9.17, 15) is 9.59 Å². The molecule has 1 N–H and O–H groups in total. The summed E-state index contributed by atoms with van der Waals surface area (Å²) in [7, 11) is 0. The molecule has 0 aliphatic heterocycles. The summed E-state index contributed by atoms with van der Waals surface area (Å²) in [5, 5.41) is 11.0. The van der Waals surface area contributed by atoms with Crippen molar-refractivity contribution in [1.82, 2.24) is 15.5 Å². The summed E-state index contributed by atoms with van der Waals surface area (Å²) in [4.78, 5) is 24.0. The minimum absolute atomic E-state index is 0.0744. The Morgan fingerprint density at radius 2 is 1.81 bits per heavy atom. The fraction of sp³-hybridized carbons (Fsp3) is 0.158. The second-order valence-corrected chi connectivity index (χ2v) is 6.01. The van der Waals surface area contributed by atoms with Gasteiger partial charge in [0.2, 0.25) is 17.7 Å². The molecular formula is C19H16ClN3O3. The molecule has 26 heavy (non-hydrogen) atoms. The number of carbonyl (C=O) groups excluding carboxylic acids is 2. The molecule has 1 heterocycles. The van der Waals surface area contributed by atoms with E-state index in [4.69, 9.17) is 16.0 Å². The molecule has 2 aromatic carbocycles. The van der Waals surface area contributed by atoms with E-state index in [-0.39, 0.29) is 31.1 Å². The predicted molar refractivity (Wildman–Crippen MR) is 96.6 cm³/mol. The molecule has 3 aromatic rings. The Bertz CT molecular complexity index is 909. The van der Waals surface area contributed by atoms with Crippen molar-refractivity contribution in [2.24, 2.45) is 0 Å². The Labute approximate surface area is 155 Å². The van der Waals surface area contributed by atoms with Gasteiger partial charge in [-0.25, -0.2) is 0 Å². The summed E-state index contributed by atoms with van der Waals surface area (Å²) in [6, 6.07) is 16.0. The van der Waals surface area contributed by atoms with E-state index in [2.05, 4.69) is 15.5 Å². The van der Waals surface area contributed by atoms with Crippen LogP contribution in [0.5, 0.6) is 0 Å². The zero-order valence-electron chi connectivity index (χ0n) is 13.8. The summed E-state index contributed by atoms with van der Waals surface area (Å²) < 4.78 is 5.51. The van der Waals surface area contributed by atoms with Gasteiger partial charge in [0.15, 0.2) is 5.78 Å². The van der Waals surface area contributed by atoms with Crippen LogP contribution < -0.4 is 5.32 Å². The van der Waals surface area contributed by atoms with Crippen LogP contribution in [0, 0.1) is 0 Å². The molecule has 0 atom stereocenters. The Kier molecular flexibility index (Phi) is 5.76. The number of rotatable bonds is 7. The number of hydrogen-bond donors (Lipinski definition) is 1. The molecule has 3 rings (SSSR count). The Balaban J connectivity index is 1.47. The molecule has 0 aliphatic carbocycles. The largest absolute Gasteiger partial charge is 0.419 e. The van der Waals surface area contributed by atoms with Crippen molar-refractivity contribution in [3.8, 4) is 11.5 Å². The van der Waals surface area contributed by atoms with E-state index >= 15 is 0 Å². The fourth-order valence-corrected chi connectivity index (χ4v) is 2.51. The zero-order valence-corrected chi connectivity index (χ0v) is 14.6. The lowest BCUT2D eigenvalue weighted by molar-refractivity contribution is -0.121. The molecule has 1 aromatic heterocycles. The highest BCUT2D eigenvalue weighted by molar-refractivity contribution is 6.31. The number of nitrogens with one attached hydrogen (secondary N) is 1. The average Bonchev–Trinajstić information content (AvgIpc) is 3.14. The molecule has 0 saturated heterocycles. The van der Waals surface area contributed by atoms with Crippen LogP contribution in [-0.2, 0) is 11.3 Å². The fourth-order valence-electron chi connectivity index (χ4n) is 2.32. The van der Waals surface area contributed by atoms with Crippen LogP contribution in [0.2, 0.25) is 5.02 Å². The molecule has 0 unspecified atom stereocenters. The van der Waals surface area contributed by atoms with Gasteiger partial charge >= 0.3 is 0 Å². The number of benzene rings is 2. The summed E-state index contributed by atoms with van der Waals surface area (Å²) in [5.41, 5.74) is 1.30. The van der Waals surface area contributed by atoms with Crippen LogP contribution in [0.3, 0.4) is 0 Å². The van der Waals surface area contributed by atoms with Crippen LogP contribution >= 0.6 is 11.6 Å². The number of halogens is 1. The lowest BCUT2D eigenvalue weighted by Crippen LogP contribution is -2.23. The van der Waals surface area contributed by atoms with Crippen molar-refractivity contribution in [2.75, 3.05) is 0 Å². The van der Waals surface area contributed by atoms with Crippen molar-refractivity contribution in [3.63, 3.8) is 0 Å². The highest BCUT2D eigenvalue weighted by Crippen LogP contribution is 2.17. The number of nitrogens with zero attached hydrogens (tertiary/aromatic N) is 2. The standard InChI is InChI=1S/C19H16ClN3O3/c20-15-8-4-7-14(11-15)16(24)9-10-17(25)21-12-18-22-23-19(26-18)13-5-2-1-3-6-13/h1-8,11H,9-10,12H2,(H,21,25). The zero-order chi connectivity index (χ0) is 18.4. The van der Waals surface area contributed by atoms with Crippen LogP contribution in [-0.4, -0.2) is 21.9 Å². The third kappa shape index (κ3) is 4.77. The number of aromatic nitrogens is 2. The second-order valence-electron chi connectivity index (χ2n) is 5.58. The van der Waals surface area contributed by atoms with Gasteiger partial charge in [0.25, 0.3) is 0 Å². The predicted octanol–water partition coefficient (Wildman–Crippen LogP) is 3.67. The molecule has 132 valence electrons. The van der Waals surface area contributed by atoms with Gasteiger partial charge in [0, 0.05) is 29.0 Å². The molecule has 0 saturated carbocycles. The molecule has 0 radical (unpaired) electrons. The number of ketones is 1. The minimum atomic E-state index is -0.264. The van der Waals surface area contributed by atoms with Gasteiger partial charge in [0.05, 0.1) is 6.54 Å². The average molecular weight is 370 g/mol. The second kappa shape index (κ2) is 8.40. The van der Waals surface area contributed by atoms with Gasteiger partial charge in [-0.2, -0.15) is 0 Å². The van der Waals surface area contributed by atoms with Crippen molar-refractivity contribution in [1.29, 1.82) is 0 Å². The van der Waals surface area contributed by atoms with E-state index in [1.54, 1.807) is 24.3 Å². The molecule has 6 nitrogen and oxygen atoms in total. The maximum Gasteiger partial charge on any atom is 0.247 e. The maximum atomic E-state index is 12.1. The van der Waals surface area contributed by atoms with Crippen LogP contribution in [0.4, 0.5) is 0 Å². The number of amides is 1. The molecule has 7 heteroatoms. The van der Waals surface area contributed by atoms with Gasteiger partial charge in [-0.1, -0.05) is 41.9 Å². The van der Waals surface area contributed by atoms with E-state index in [0.29, 0.717) is 22.4 Å². The Morgan fingerprint density at radius 3 is 2.58 bits per heavy atom. The normalized spacial score (nSPS) is 10.5. The van der Waals surface area contributed by atoms with Crippen LogP contribution in [0.1, 0.15) is 29.1 Å². The third-order valence-electron chi connectivity index (χ3n) is 3.65. The molecule has 0 fully saturated rings. The van der Waals surface area contributed by atoms with E-state index in [0.717, 1.165) is 5.56 Å². The van der Waals surface area contributed by atoms with Crippen LogP contribution in [0.15, 0.2) is 59.0 Å². The van der Waals surface area contributed by atoms with Crippen molar-refractivity contribution < 1.29 is 14.0 Å². The maximum absolute atomic E-state index is 12.1. The molecule has 1 amide bonds. The Morgan fingerprint density at radius 1 is 1.00 bits per heavy atom. The van der Waals surface area contributed by atoms with Crippen molar-refractivity contribution >= 4 is 23.3 Å². The topological polar surface area (TPSA) is 85.1 Å². The van der Waals surface area contributed by atoms with Crippen LogP contribution in [0.25, 0.3) is 11.5 Å². The first-order chi connectivity index (χ1) is 12.6. The Hall–Kier alpha value is -2.99. The lowest BCUT2D eigenvalue weighted by Gasteiger charge is -2.03. The lowest BCUT2D eigenvalue weighted by atomic mass is 10.1. The summed E-state index contributed by atoms with van der Waals surface area (Å²) in [6.07, 6.45) is 0.177. The molecule has 0 spiro atoms. The summed E-state index contributed by atoms with van der Waals surface area (Å²) in [6.45, 7) is 0.115. The van der Waals surface area contributed by atoms with E-state index < -0.39 is 0 Å². The first-order valence-corrected chi connectivity index (χ1v) is 8.43. The molecule has 0 aliphatic rings. The number of carbonyl (C=O) groups is 2. The minimum Gasteiger partial charge on any atom is -0.419 e. The van der Waals surface area contributed by atoms with E-state index in [1.165, 1.54) is 0 Å². The van der Waals surface area contributed by atoms with Crippen molar-refractivity contribution in [3.05, 3.63) is 71.1 Å². The van der Waals surface area contributed by atoms with Gasteiger partial charge < -0.3 is 9.73 Å². The van der Waals surface area contributed by atoms with Gasteiger partial charge in [0.1, 0.15) is 0 Å². The van der Waals surface area contributed by atoms with E-state index in [1.807, 2.05) is 30.3 Å². The SMILES string of the molecule is O=C(CCC(=O)c1cccc(Cl)c1)NCc1nnc(-c2ccccc2)o1. The molecular weight excluding hydrogens is 354 g/mol. The number of hydrogen-bond acceptors (Lipinski definition) is 5. The monoisotopic (exact) mass is 369 g/mol. The van der Waals surface area contributed by atoms with Gasteiger partial charge in [-0.05, 0) is 24.3 Å². The first kappa shape index (κ1) is 17.8. The highest BCUT2D eigenvalue weighted by atomic mass is 35.5. The molecule has 0 bridgehead atoms. The summed E-state index contributed by atoms with van der Waals surface area (Å²) in [5.74, 6) is 0.302. The third-order valence-corrected chi connectivity index (χ3v) is 3.89. The quantitative estimate of drug-likeness (QED) is 0.642. The van der Waals surface area contributed by atoms with Gasteiger partial charge in [-0.15, -0.1) is 10.2 Å². The highest BCUT2D eigenvalue weighted by Gasteiger charge is 2.12. The summed E-state index contributed by atoms with van der Waals surface area (Å²) >= 11 is 5.86. The smallest absolute Gasteiger partial charge is 0.247 e.